The predicted molar refractivity (Wildman–Crippen MR) is 70.2 cm³/mol. The van der Waals surface area contributed by atoms with E-state index >= 15 is 0 Å². The fourth-order valence-corrected chi connectivity index (χ4v) is 1.72. The third-order valence-corrected chi connectivity index (χ3v) is 2.75. The Balaban J connectivity index is 2.17. The molecule has 0 bridgehead atoms. The molecule has 1 atom stereocenters. The summed E-state index contributed by atoms with van der Waals surface area (Å²) in [7, 11) is 3.27. The van der Waals surface area contributed by atoms with Gasteiger partial charge in [-0.05, 0) is 6.92 Å². The van der Waals surface area contributed by atoms with Crippen molar-refractivity contribution in [3.8, 4) is 11.5 Å². The van der Waals surface area contributed by atoms with Crippen molar-refractivity contribution in [2.45, 2.75) is 13.0 Å². The number of benzene rings is 1. The zero-order valence-electron chi connectivity index (χ0n) is 10.7. The Labute approximate surface area is 106 Å². The van der Waals surface area contributed by atoms with Crippen LogP contribution in [0, 0.1) is 0 Å². The minimum Gasteiger partial charge on any atom is -0.497 e. The van der Waals surface area contributed by atoms with Crippen LogP contribution in [-0.2, 0) is 0 Å². The van der Waals surface area contributed by atoms with Gasteiger partial charge in [-0.1, -0.05) is 0 Å². The highest BCUT2D eigenvalue weighted by Crippen LogP contribution is 2.28. The summed E-state index contributed by atoms with van der Waals surface area (Å²) in [5.41, 5.74) is 2.04. The second-order valence-corrected chi connectivity index (χ2v) is 4.00. The van der Waals surface area contributed by atoms with Gasteiger partial charge in [-0.3, -0.25) is 5.10 Å². The average molecular weight is 247 g/mol. The SMILES string of the molecule is COc1cc(NC(C)c2cn[nH]c2)cc(OC)c1. The lowest BCUT2D eigenvalue weighted by Crippen LogP contribution is -2.06. The van der Waals surface area contributed by atoms with Crippen LogP contribution in [0.5, 0.6) is 11.5 Å². The maximum atomic E-state index is 5.23. The average Bonchev–Trinajstić information content (AvgIpc) is 2.92. The van der Waals surface area contributed by atoms with E-state index in [1.165, 1.54) is 0 Å². The maximum absolute atomic E-state index is 5.23. The van der Waals surface area contributed by atoms with Gasteiger partial charge < -0.3 is 14.8 Å². The summed E-state index contributed by atoms with van der Waals surface area (Å²) in [5, 5.41) is 10.1. The molecule has 0 aliphatic heterocycles. The van der Waals surface area contributed by atoms with Crippen molar-refractivity contribution in [2.24, 2.45) is 0 Å². The first-order valence-electron chi connectivity index (χ1n) is 5.71. The maximum Gasteiger partial charge on any atom is 0.124 e. The molecule has 0 spiro atoms. The van der Waals surface area contributed by atoms with Gasteiger partial charge in [0, 0.05) is 35.6 Å². The summed E-state index contributed by atoms with van der Waals surface area (Å²) in [6.45, 7) is 2.07. The monoisotopic (exact) mass is 247 g/mol. The lowest BCUT2D eigenvalue weighted by molar-refractivity contribution is 0.394. The molecule has 0 amide bonds. The quantitative estimate of drug-likeness (QED) is 0.852. The lowest BCUT2D eigenvalue weighted by atomic mass is 10.1. The van der Waals surface area contributed by atoms with Crippen LogP contribution in [0.2, 0.25) is 0 Å². The van der Waals surface area contributed by atoms with Crippen molar-refractivity contribution in [3.63, 3.8) is 0 Å². The van der Waals surface area contributed by atoms with Gasteiger partial charge in [0.1, 0.15) is 11.5 Å². The van der Waals surface area contributed by atoms with Gasteiger partial charge in [0.2, 0.25) is 0 Å². The summed E-state index contributed by atoms with van der Waals surface area (Å²) >= 11 is 0. The normalized spacial score (nSPS) is 11.9. The summed E-state index contributed by atoms with van der Waals surface area (Å²) in [6.07, 6.45) is 3.67. The summed E-state index contributed by atoms with van der Waals surface area (Å²) in [4.78, 5) is 0. The van der Waals surface area contributed by atoms with Crippen LogP contribution in [0.25, 0.3) is 0 Å². The van der Waals surface area contributed by atoms with E-state index in [9.17, 15) is 0 Å². The molecule has 0 saturated carbocycles. The largest absolute Gasteiger partial charge is 0.497 e. The molecule has 1 heterocycles. The van der Waals surface area contributed by atoms with Gasteiger partial charge >= 0.3 is 0 Å². The number of ether oxygens (including phenoxy) is 2. The third-order valence-electron chi connectivity index (χ3n) is 2.75. The van der Waals surface area contributed by atoms with Crippen molar-refractivity contribution < 1.29 is 9.47 Å². The van der Waals surface area contributed by atoms with Crippen LogP contribution in [0.4, 0.5) is 5.69 Å². The Morgan fingerprint density at radius 1 is 1.17 bits per heavy atom. The fourth-order valence-electron chi connectivity index (χ4n) is 1.72. The molecule has 1 aromatic carbocycles. The van der Waals surface area contributed by atoms with Crippen molar-refractivity contribution >= 4 is 5.69 Å². The summed E-state index contributed by atoms with van der Waals surface area (Å²) < 4.78 is 10.5. The highest BCUT2D eigenvalue weighted by Gasteiger charge is 2.08. The van der Waals surface area contributed by atoms with Gasteiger partial charge in [-0.2, -0.15) is 5.10 Å². The van der Waals surface area contributed by atoms with Gasteiger partial charge in [0.15, 0.2) is 0 Å². The van der Waals surface area contributed by atoms with E-state index in [0.717, 1.165) is 22.7 Å². The molecular formula is C13H17N3O2. The van der Waals surface area contributed by atoms with Crippen LogP contribution >= 0.6 is 0 Å². The number of H-pyrrole nitrogens is 1. The van der Waals surface area contributed by atoms with Crippen molar-refractivity contribution in [1.29, 1.82) is 0 Å². The zero-order valence-corrected chi connectivity index (χ0v) is 10.7. The van der Waals surface area contributed by atoms with E-state index < -0.39 is 0 Å². The number of hydrogen-bond donors (Lipinski definition) is 2. The number of hydrogen-bond acceptors (Lipinski definition) is 4. The smallest absolute Gasteiger partial charge is 0.124 e. The molecule has 0 radical (unpaired) electrons. The van der Waals surface area contributed by atoms with Crippen LogP contribution in [0.1, 0.15) is 18.5 Å². The first-order chi connectivity index (χ1) is 8.72. The van der Waals surface area contributed by atoms with Crippen molar-refractivity contribution in [1.82, 2.24) is 10.2 Å². The van der Waals surface area contributed by atoms with Gasteiger partial charge in [0.05, 0.1) is 26.5 Å². The number of methoxy groups -OCH3 is 2. The molecule has 0 saturated heterocycles. The second-order valence-electron chi connectivity index (χ2n) is 4.00. The Morgan fingerprint density at radius 3 is 2.33 bits per heavy atom. The first-order valence-corrected chi connectivity index (χ1v) is 5.71. The number of nitrogens with zero attached hydrogens (tertiary/aromatic N) is 1. The molecule has 0 aliphatic carbocycles. The Morgan fingerprint density at radius 2 is 1.83 bits per heavy atom. The van der Waals surface area contributed by atoms with E-state index in [1.54, 1.807) is 20.4 Å². The standard InChI is InChI=1S/C13H17N3O2/c1-9(10-7-14-15-8-10)16-11-4-12(17-2)6-13(5-11)18-3/h4-9,16H,1-3H3,(H,14,15). The molecule has 0 fully saturated rings. The Bertz CT molecular complexity index is 475. The number of aromatic nitrogens is 2. The van der Waals surface area contributed by atoms with Crippen LogP contribution < -0.4 is 14.8 Å². The predicted octanol–water partition coefficient (Wildman–Crippen LogP) is 2.60. The minimum atomic E-state index is 0.153. The molecule has 18 heavy (non-hydrogen) atoms. The van der Waals surface area contributed by atoms with E-state index in [-0.39, 0.29) is 6.04 Å². The molecule has 5 heteroatoms. The molecule has 0 aliphatic rings. The molecular weight excluding hydrogens is 230 g/mol. The van der Waals surface area contributed by atoms with Gasteiger partial charge in [-0.15, -0.1) is 0 Å². The van der Waals surface area contributed by atoms with E-state index in [4.69, 9.17) is 9.47 Å². The second kappa shape index (κ2) is 5.44. The van der Waals surface area contributed by atoms with Crippen molar-refractivity contribution in [2.75, 3.05) is 19.5 Å². The van der Waals surface area contributed by atoms with E-state index in [0.29, 0.717) is 0 Å². The highest BCUT2D eigenvalue weighted by molar-refractivity contribution is 5.54. The number of anilines is 1. The topological polar surface area (TPSA) is 59.2 Å². The Kier molecular flexibility index (Phi) is 3.72. The van der Waals surface area contributed by atoms with E-state index in [2.05, 4.69) is 22.4 Å². The van der Waals surface area contributed by atoms with Crippen LogP contribution in [0.15, 0.2) is 30.6 Å². The molecule has 2 rings (SSSR count). The fraction of sp³-hybridized carbons (Fsp3) is 0.308. The molecule has 5 nitrogen and oxygen atoms in total. The summed E-state index contributed by atoms with van der Waals surface area (Å²) in [6, 6.07) is 5.85. The first kappa shape index (κ1) is 12.3. The van der Waals surface area contributed by atoms with Gasteiger partial charge in [0.25, 0.3) is 0 Å². The Hall–Kier alpha value is -2.17. The molecule has 1 unspecified atom stereocenters. The lowest BCUT2D eigenvalue weighted by Gasteiger charge is -2.15. The molecule has 2 N–H and O–H groups in total. The van der Waals surface area contributed by atoms with E-state index in [1.807, 2.05) is 24.4 Å². The molecule has 2 aromatic rings. The zero-order chi connectivity index (χ0) is 13.0. The molecule has 1 aromatic heterocycles. The summed E-state index contributed by atoms with van der Waals surface area (Å²) in [5.74, 6) is 1.52. The number of nitrogens with one attached hydrogen (secondary N) is 2. The van der Waals surface area contributed by atoms with Crippen LogP contribution in [-0.4, -0.2) is 24.4 Å². The molecule has 96 valence electrons. The minimum absolute atomic E-state index is 0.153. The highest BCUT2D eigenvalue weighted by atomic mass is 16.5. The third kappa shape index (κ3) is 2.74. The van der Waals surface area contributed by atoms with Gasteiger partial charge in [-0.25, -0.2) is 0 Å². The number of rotatable bonds is 5. The number of aromatic amines is 1. The van der Waals surface area contributed by atoms with Crippen molar-refractivity contribution in [3.05, 3.63) is 36.2 Å². The van der Waals surface area contributed by atoms with Crippen LogP contribution in [0.3, 0.4) is 0 Å².